The molecule has 0 fully saturated rings. The summed E-state index contributed by atoms with van der Waals surface area (Å²) in [6.45, 7) is 0.836. The lowest BCUT2D eigenvalue weighted by Crippen LogP contribution is -2.53. The van der Waals surface area contributed by atoms with E-state index in [0.717, 1.165) is 5.56 Å². The summed E-state index contributed by atoms with van der Waals surface area (Å²) in [7, 11) is 0. The van der Waals surface area contributed by atoms with Gasteiger partial charge in [0.05, 0.1) is 0 Å². The Labute approximate surface area is 201 Å². The Morgan fingerprint density at radius 2 is 1.47 bits per heavy atom. The first-order valence-corrected chi connectivity index (χ1v) is 11.0. The van der Waals surface area contributed by atoms with Gasteiger partial charge in [-0.25, -0.2) is 0 Å². The summed E-state index contributed by atoms with van der Waals surface area (Å²) in [6.07, 6.45) is 0.228. The quantitative estimate of drug-likeness (QED) is 0.471. The van der Waals surface area contributed by atoms with Gasteiger partial charge in [0.15, 0.2) is 11.5 Å². The first-order valence-electron chi connectivity index (χ1n) is 10.6. The van der Waals surface area contributed by atoms with Crippen molar-refractivity contribution in [1.29, 1.82) is 0 Å². The summed E-state index contributed by atoms with van der Waals surface area (Å²) in [6, 6.07) is 19.4. The fourth-order valence-electron chi connectivity index (χ4n) is 3.36. The molecule has 1 heterocycles. The smallest absolute Gasteiger partial charge is 0.269 e. The predicted octanol–water partition coefficient (Wildman–Crippen LogP) is 2.91. The fraction of sp³-hybridized carbons (Fsp3) is 0.160. The molecular formula is C25H22ClN3O5. The summed E-state index contributed by atoms with van der Waals surface area (Å²) in [5, 5.41) is 3.22. The van der Waals surface area contributed by atoms with E-state index in [1.807, 2.05) is 30.3 Å². The van der Waals surface area contributed by atoms with Gasteiger partial charge in [0.1, 0.15) is 19.3 Å². The molecule has 3 N–H and O–H groups in total. The van der Waals surface area contributed by atoms with Crippen LogP contribution in [0.25, 0.3) is 0 Å². The maximum Gasteiger partial charge on any atom is 0.269 e. The number of halogens is 1. The zero-order valence-corrected chi connectivity index (χ0v) is 18.8. The third kappa shape index (κ3) is 5.85. The molecule has 0 spiro atoms. The van der Waals surface area contributed by atoms with Crippen LogP contribution in [0.4, 0.5) is 0 Å². The molecule has 34 heavy (non-hydrogen) atoms. The molecule has 1 aliphatic rings. The third-order valence-electron chi connectivity index (χ3n) is 5.11. The lowest BCUT2D eigenvalue weighted by atomic mass is 10.0. The van der Waals surface area contributed by atoms with E-state index < -0.39 is 23.8 Å². The zero-order valence-electron chi connectivity index (χ0n) is 18.0. The average Bonchev–Trinajstić information content (AvgIpc) is 2.87. The minimum absolute atomic E-state index is 0.228. The van der Waals surface area contributed by atoms with E-state index >= 15 is 0 Å². The van der Waals surface area contributed by atoms with E-state index in [1.165, 1.54) is 0 Å². The first kappa shape index (κ1) is 23.1. The summed E-state index contributed by atoms with van der Waals surface area (Å²) in [4.78, 5) is 38.2. The number of amides is 3. The molecule has 3 aromatic carbocycles. The van der Waals surface area contributed by atoms with Gasteiger partial charge >= 0.3 is 0 Å². The molecule has 0 saturated carbocycles. The second-order valence-electron chi connectivity index (χ2n) is 7.52. The van der Waals surface area contributed by atoms with E-state index in [9.17, 15) is 14.4 Å². The molecule has 0 unspecified atom stereocenters. The van der Waals surface area contributed by atoms with Crippen LogP contribution in [-0.2, 0) is 11.2 Å². The Morgan fingerprint density at radius 3 is 2.21 bits per heavy atom. The highest BCUT2D eigenvalue weighted by atomic mass is 35.5. The van der Waals surface area contributed by atoms with Gasteiger partial charge in [-0.15, -0.1) is 0 Å². The monoisotopic (exact) mass is 479 g/mol. The van der Waals surface area contributed by atoms with Gasteiger partial charge in [0.2, 0.25) is 0 Å². The van der Waals surface area contributed by atoms with Crippen LogP contribution in [0, 0.1) is 0 Å². The predicted molar refractivity (Wildman–Crippen MR) is 126 cm³/mol. The molecule has 0 bridgehead atoms. The van der Waals surface area contributed by atoms with Crippen molar-refractivity contribution in [3.05, 3.63) is 94.5 Å². The van der Waals surface area contributed by atoms with Gasteiger partial charge in [-0.2, -0.15) is 0 Å². The van der Waals surface area contributed by atoms with Crippen molar-refractivity contribution < 1.29 is 23.9 Å². The SMILES string of the molecule is O=C(NNC(=O)[C@H](Cc1ccccc1)NC(=O)c1ccc(Cl)cc1)c1ccc2c(c1)OCCO2. The Morgan fingerprint density at radius 1 is 0.794 bits per heavy atom. The lowest BCUT2D eigenvalue weighted by molar-refractivity contribution is -0.123. The van der Waals surface area contributed by atoms with Crippen LogP contribution in [0.15, 0.2) is 72.8 Å². The van der Waals surface area contributed by atoms with Crippen LogP contribution in [0.2, 0.25) is 5.02 Å². The van der Waals surface area contributed by atoms with Crippen LogP contribution in [0.5, 0.6) is 11.5 Å². The second-order valence-corrected chi connectivity index (χ2v) is 7.96. The third-order valence-corrected chi connectivity index (χ3v) is 5.37. The fourth-order valence-corrected chi connectivity index (χ4v) is 3.49. The van der Waals surface area contributed by atoms with Gasteiger partial charge in [-0.05, 0) is 48.0 Å². The number of benzene rings is 3. The van der Waals surface area contributed by atoms with E-state index in [0.29, 0.717) is 35.3 Å². The number of carbonyl (C=O) groups excluding carboxylic acids is 3. The summed E-state index contributed by atoms with van der Waals surface area (Å²) in [5.41, 5.74) is 6.28. The molecule has 9 heteroatoms. The number of ether oxygens (including phenoxy) is 2. The van der Waals surface area contributed by atoms with Gasteiger partial charge in [0, 0.05) is 22.6 Å². The number of hydrogen-bond donors (Lipinski definition) is 3. The number of carbonyl (C=O) groups is 3. The molecule has 3 amide bonds. The molecule has 0 aromatic heterocycles. The number of hydrazine groups is 1. The molecule has 1 aliphatic heterocycles. The van der Waals surface area contributed by atoms with E-state index in [2.05, 4.69) is 16.2 Å². The van der Waals surface area contributed by atoms with Gasteiger partial charge < -0.3 is 14.8 Å². The zero-order chi connectivity index (χ0) is 23.9. The van der Waals surface area contributed by atoms with Crippen molar-refractivity contribution in [2.24, 2.45) is 0 Å². The summed E-state index contributed by atoms with van der Waals surface area (Å²) >= 11 is 5.89. The Hall–Kier alpha value is -4.04. The van der Waals surface area contributed by atoms with Crippen LogP contribution < -0.4 is 25.6 Å². The van der Waals surface area contributed by atoms with Gasteiger partial charge in [-0.1, -0.05) is 41.9 Å². The van der Waals surface area contributed by atoms with Crippen molar-refractivity contribution in [3.8, 4) is 11.5 Å². The van der Waals surface area contributed by atoms with Crippen LogP contribution in [-0.4, -0.2) is 37.0 Å². The highest BCUT2D eigenvalue weighted by Crippen LogP contribution is 2.30. The van der Waals surface area contributed by atoms with Crippen LogP contribution in [0.3, 0.4) is 0 Å². The summed E-state index contributed by atoms with van der Waals surface area (Å²) in [5.74, 6) is -0.530. The van der Waals surface area contributed by atoms with Crippen LogP contribution in [0.1, 0.15) is 26.3 Å². The van der Waals surface area contributed by atoms with E-state index in [-0.39, 0.29) is 12.0 Å². The second kappa shape index (κ2) is 10.7. The van der Waals surface area contributed by atoms with Gasteiger partial charge in [-0.3, -0.25) is 25.2 Å². The molecule has 0 saturated heterocycles. The summed E-state index contributed by atoms with van der Waals surface area (Å²) < 4.78 is 10.9. The molecule has 0 aliphatic carbocycles. The molecule has 174 valence electrons. The molecular weight excluding hydrogens is 458 g/mol. The van der Waals surface area contributed by atoms with Crippen LogP contribution >= 0.6 is 11.6 Å². The number of nitrogens with one attached hydrogen (secondary N) is 3. The van der Waals surface area contributed by atoms with Crippen molar-refractivity contribution in [1.82, 2.24) is 16.2 Å². The normalized spacial score (nSPS) is 12.9. The topological polar surface area (TPSA) is 106 Å². The average molecular weight is 480 g/mol. The molecule has 4 rings (SSSR count). The molecule has 0 radical (unpaired) electrons. The van der Waals surface area contributed by atoms with Crippen molar-refractivity contribution in [2.45, 2.75) is 12.5 Å². The Bertz CT molecular complexity index is 1180. The first-order chi connectivity index (χ1) is 16.5. The maximum atomic E-state index is 12.9. The number of fused-ring (bicyclic) bond motifs is 1. The number of rotatable bonds is 6. The molecule has 1 atom stereocenters. The van der Waals surface area contributed by atoms with Crippen molar-refractivity contribution >= 4 is 29.3 Å². The largest absolute Gasteiger partial charge is 0.486 e. The lowest BCUT2D eigenvalue weighted by Gasteiger charge is -2.20. The van der Waals surface area contributed by atoms with Crippen molar-refractivity contribution in [3.63, 3.8) is 0 Å². The maximum absolute atomic E-state index is 12.9. The molecule has 3 aromatic rings. The van der Waals surface area contributed by atoms with E-state index in [4.69, 9.17) is 21.1 Å². The Balaban J connectivity index is 1.43. The van der Waals surface area contributed by atoms with Gasteiger partial charge in [0.25, 0.3) is 17.7 Å². The van der Waals surface area contributed by atoms with Crippen molar-refractivity contribution in [2.75, 3.05) is 13.2 Å². The number of hydrogen-bond acceptors (Lipinski definition) is 5. The minimum atomic E-state index is -0.939. The highest BCUT2D eigenvalue weighted by molar-refractivity contribution is 6.30. The Kier molecular flexibility index (Phi) is 7.29. The standard InChI is InChI=1S/C25H22ClN3O5/c26-19-9-6-17(7-10-19)23(30)27-20(14-16-4-2-1-3-5-16)25(32)29-28-24(31)18-8-11-21-22(15-18)34-13-12-33-21/h1-11,15,20H,12-14H2,(H,27,30)(H,28,31)(H,29,32)/t20-/m0/s1. The molecule has 8 nitrogen and oxygen atoms in total. The highest BCUT2D eigenvalue weighted by Gasteiger charge is 2.23. The minimum Gasteiger partial charge on any atom is -0.486 e. The van der Waals surface area contributed by atoms with E-state index in [1.54, 1.807) is 42.5 Å².